The molecule has 0 saturated carbocycles. The van der Waals surface area contributed by atoms with E-state index in [0.29, 0.717) is 27.5 Å². The standard InChI is InChI=1S/C13H13BClNO3/c1-8-5-10(15)3-4-12(8)19-13-7-16-6-11(9(13)2)14(17)18/h3-7,17-18H,1-2H3. The van der Waals surface area contributed by atoms with Crippen LogP contribution < -0.4 is 10.2 Å². The highest BCUT2D eigenvalue weighted by atomic mass is 35.5. The average molecular weight is 278 g/mol. The number of aryl methyl sites for hydroxylation is 1. The Morgan fingerprint density at radius 1 is 1.16 bits per heavy atom. The van der Waals surface area contributed by atoms with Crippen molar-refractivity contribution in [1.29, 1.82) is 0 Å². The zero-order valence-electron chi connectivity index (χ0n) is 10.6. The van der Waals surface area contributed by atoms with Crippen molar-refractivity contribution in [2.45, 2.75) is 13.8 Å². The minimum atomic E-state index is -1.57. The molecule has 1 aromatic heterocycles. The van der Waals surface area contributed by atoms with Gasteiger partial charge >= 0.3 is 7.12 Å². The zero-order chi connectivity index (χ0) is 14.0. The number of pyridine rings is 1. The van der Waals surface area contributed by atoms with Crippen molar-refractivity contribution in [3.63, 3.8) is 0 Å². The Labute approximate surface area is 116 Å². The van der Waals surface area contributed by atoms with E-state index in [9.17, 15) is 10.0 Å². The van der Waals surface area contributed by atoms with Crippen molar-refractivity contribution in [3.8, 4) is 11.5 Å². The Morgan fingerprint density at radius 2 is 1.89 bits per heavy atom. The second-order valence-corrected chi connectivity index (χ2v) is 4.67. The Kier molecular flexibility index (Phi) is 4.09. The second-order valence-electron chi connectivity index (χ2n) is 4.24. The predicted octanol–water partition coefficient (Wildman–Crippen LogP) is 1.82. The van der Waals surface area contributed by atoms with Crippen LogP contribution in [0, 0.1) is 13.8 Å². The number of rotatable bonds is 3. The molecule has 6 heteroatoms. The smallest absolute Gasteiger partial charge is 0.455 e. The third-order valence-corrected chi connectivity index (χ3v) is 3.08. The fourth-order valence-electron chi connectivity index (χ4n) is 1.73. The van der Waals surface area contributed by atoms with E-state index in [1.54, 1.807) is 25.1 Å². The van der Waals surface area contributed by atoms with Gasteiger partial charge in [-0.05, 0) is 43.2 Å². The highest BCUT2D eigenvalue weighted by Crippen LogP contribution is 2.28. The van der Waals surface area contributed by atoms with Crippen molar-refractivity contribution in [3.05, 3.63) is 46.7 Å². The van der Waals surface area contributed by atoms with E-state index in [1.165, 1.54) is 12.4 Å². The Morgan fingerprint density at radius 3 is 2.53 bits per heavy atom. The summed E-state index contributed by atoms with van der Waals surface area (Å²) < 4.78 is 5.74. The van der Waals surface area contributed by atoms with E-state index < -0.39 is 7.12 Å². The molecule has 0 aliphatic rings. The van der Waals surface area contributed by atoms with Crippen LogP contribution in [0.3, 0.4) is 0 Å². The number of hydrogen-bond donors (Lipinski definition) is 2. The highest BCUT2D eigenvalue weighted by molar-refractivity contribution is 6.59. The normalized spacial score (nSPS) is 10.4. The lowest BCUT2D eigenvalue weighted by Crippen LogP contribution is -2.32. The van der Waals surface area contributed by atoms with Crippen molar-refractivity contribution in [2.24, 2.45) is 0 Å². The average Bonchev–Trinajstić information content (AvgIpc) is 2.34. The van der Waals surface area contributed by atoms with Gasteiger partial charge in [0.25, 0.3) is 0 Å². The quantitative estimate of drug-likeness (QED) is 0.840. The first-order chi connectivity index (χ1) is 8.99. The summed E-state index contributed by atoms with van der Waals surface area (Å²) in [4.78, 5) is 3.94. The summed E-state index contributed by atoms with van der Waals surface area (Å²) in [6.07, 6.45) is 2.94. The first-order valence-electron chi connectivity index (χ1n) is 5.73. The molecule has 0 aliphatic heterocycles. The highest BCUT2D eigenvalue weighted by Gasteiger charge is 2.17. The summed E-state index contributed by atoms with van der Waals surface area (Å²) in [7, 11) is -1.57. The molecule has 1 aromatic carbocycles. The lowest BCUT2D eigenvalue weighted by Gasteiger charge is -2.13. The summed E-state index contributed by atoms with van der Waals surface area (Å²) >= 11 is 5.88. The van der Waals surface area contributed by atoms with Crippen molar-refractivity contribution in [2.75, 3.05) is 0 Å². The fourth-order valence-corrected chi connectivity index (χ4v) is 1.96. The van der Waals surface area contributed by atoms with Crippen LogP contribution in [0.5, 0.6) is 11.5 Å². The number of halogens is 1. The summed E-state index contributed by atoms with van der Waals surface area (Å²) in [5.74, 6) is 1.13. The molecule has 19 heavy (non-hydrogen) atoms. The Balaban J connectivity index is 2.36. The van der Waals surface area contributed by atoms with E-state index in [1.807, 2.05) is 6.92 Å². The summed E-state index contributed by atoms with van der Waals surface area (Å²) in [5, 5.41) is 19.1. The third kappa shape index (κ3) is 3.07. The molecule has 0 amide bonds. The van der Waals surface area contributed by atoms with E-state index >= 15 is 0 Å². The fraction of sp³-hybridized carbons (Fsp3) is 0.154. The van der Waals surface area contributed by atoms with Crippen LogP contribution in [0.4, 0.5) is 0 Å². The number of aromatic nitrogens is 1. The summed E-state index contributed by atoms with van der Waals surface area (Å²) in [6, 6.07) is 5.29. The monoisotopic (exact) mass is 277 g/mol. The minimum Gasteiger partial charge on any atom is -0.455 e. The van der Waals surface area contributed by atoms with Crippen molar-refractivity contribution in [1.82, 2.24) is 4.98 Å². The van der Waals surface area contributed by atoms with Gasteiger partial charge in [-0.25, -0.2) is 0 Å². The molecule has 4 nitrogen and oxygen atoms in total. The molecule has 2 N–H and O–H groups in total. The lowest BCUT2D eigenvalue weighted by atomic mass is 9.78. The van der Waals surface area contributed by atoms with Crippen LogP contribution in [-0.4, -0.2) is 22.2 Å². The Bertz CT molecular complexity index is 604. The maximum atomic E-state index is 9.23. The molecule has 2 aromatic rings. The first-order valence-corrected chi connectivity index (χ1v) is 6.11. The first kappa shape index (κ1) is 13.9. The Hall–Kier alpha value is -1.56. The molecule has 0 spiro atoms. The maximum absolute atomic E-state index is 9.23. The van der Waals surface area contributed by atoms with Crippen LogP contribution in [-0.2, 0) is 0 Å². The molecule has 0 fully saturated rings. The van der Waals surface area contributed by atoms with Gasteiger partial charge in [0.2, 0.25) is 0 Å². The van der Waals surface area contributed by atoms with Crippen LogP contribution in [0.2, 0.25) is 5.02 Å². The molecular weight excluding hydrogens is 264 g/mol. The molecular formula is C13H13BClNO3. The molecule has 0 saturated heterocycles. The second kappa shape index (κ2) is 5.61. The van der Waals surface area contributed by atoms with Gasteiger partial charge in [0.1, 0.15) is 11.5 Å². The van der Waals surface area contributed by atoms with Gasteiger partial charge in [0, 0.05) is 16.7 Å². The molecule has 0 atom stereocenters. The zero-order valence-corrected chi connectivity index (χ0v) is 11.3. The number of benzene rings is 1. The van der Waals surface area contributed by atoms with Crippen LogP contribution in [0.1, 0.15) is 11.1 Å². The van der Waals surface area contributed by atoms with Crippen molar-refractivity contribution >= 4 is 24.2 Å². The van der Waals surface area contributed by atoms with E-state index in [2.05, 4.69) is 4.98 Å². The minimum absolute atomic E-state index is 0.323. The van der Waals surface area contributed by atoms with E-state index in [0.717, 1.165) is 5.56 Å². The van der Waals surface area contributed by atoms with E-state index in [-0.39, 0.29) is 0 Å². The number of hydrogen-bond acceptors (Lipinski definition) is 4. The van der Waals surface area contributed by atoms with Gasteiger partial charge in [0.05, 0.1) is 6.20 Å². The maximum Gasteiger partial charge on any atom is 0.490 e. The SMILES string of the molecule is Cc1cc(Cl)ccc1Oc1cncc(B(O)O)c1C. The molecule has 0 aliphatic carbocycles. The van der Waals surface area contributed by atoms with Gasteiger partial charge in [-0.3, -0.25) is 4.98 Å². The van der Waals surface area contributed by atoms with Gasteiger partial charge < -0.3 is 14.8 Å². The summed E-state index contributed by atoms with van der Waals surface area (Å²) in [5.41, 5.74) is 1.85. The largest absolute Gasteiger partial charge is 0.490 e. The molecule has 98 valence electrons. The molecule has 0 bridgehead atoms. The van der Waals surface area contributed by atoms with Crippen LogP contribution in [0.15, 0.2) is 30.6 Å². The van der Waals surface area contributed by atoms with Gasteiger partial charge in [-0.2, -0.15) is 0 Å². The van der Waals surface area contributed by atoms with Crippen molar-refractivity contribution < 1.29 is 14.8 Å². The van der Waals surface area contributed by atoms with Gasteiger partial charge in [0.15, 0.2) is 0 Å². The molecule has 0 radical (unpaired) electrons. The topological polar surface area (TPSA) is 62.6 Å². The molecule has 1 heterocycles. The van der Waals surface area contributed by atoms with Crippen LogP contribution >= 0.6 is 11.6 Å². The lowest BCUT2D eigenvalue weighted by molar-refractivity contribution is 0.424. The van der Waals surface area contributed by atoms with Gasteiger partial charge in [-0.1, -0.05) is 11.6 Å². The number of nitrogens with zero attached hydrogens (tertiary/aromatic N) is 1. The van der Waals surface area contributed by atoms with Gasteiger partial charge in [-0.15, -0.1) is 0 Å². The predicted molar refractivity (Wildman–Crippen MR) is 75.1 cm³/mol. The van der Waals surface area contributed by atoms with Crippen LogP contribution in [0.25, 0.3) is 0 Å². The third-order valence-electron chi connectivity index (χ3n) is 2.84. The number of ether oxygens (including phenoxy) is 1. The summed E-state index contributed by atoms with van der Waals surface area (Å²) in [6.45, 7) is 3.63. The molecule has 0 unspecified atom stereocenters. The van der Waals surface area contributed by atoms with E-state index in [4.69, 9.17) is 16.3 Å². The molecule has 2 rings (SSSR count).